The molecule has 10 heavy (non-hydrogen) atoms. The molecule has 0 aliphatic rings. The van der Waals surface area contributed by atoms with Crippen molar-refractivity contribution < 1.29 is 12.6 Å². The predicted octanol–water partition coefficient (Wildman–Crippen LogP) is 1.71. The van der Waals surface area contributed by atoms with Gasteiger partial charge in [0.15, 0.2) is 0 Å². The van der Waals surface area contributed by atoms with E-state index in [1.807, 2.05) is 0 Å². The number of hydrogen-bond acceptors (Lipinski definition) is 1. The van der Waals surface area contributed by atoms with Gasteiger partial charge in [-0.3, -0.25) is 0 Å². The molecular formula is C7H9ClFN. The van der Waals surface area contributed by atoms with E-state index in [0.29, 0.717) is 0 Å². The van der Waals surface area contributed by atoms with E-state index in [1.54, 1.807) is 0 Å². The first-order valence-electron chi connectivity index (χ1n) is 5.23. The third kappa shape index (κ3) is 2.33. The van der Waals surface area contributed by atoms with Crippen LogP contribution in [0.4, 0.5) is 4.39 Å². The molecule has 0 atom stereocenters. The van der Waals surface area contributed by atoms with Crippen LogP contribution < -0.4 is 5.73 Å². The molecule has 0 aromatic heterocycles. The van der Waals surface area contributed by atoms with Crippen molar-refractivity contribution in [2.24, 2.45) is 5.73 Å². The van der Waals surface area contributed by atoms with Gasteiger partial charge in [-0.05, 0) is 17.6 Å². The molecule has 1 aromatic carbocycles. The van der Waals surface area contributed by atoms with Gasteiger partial charge in [-0.1, -0.05) is 12.1 Å². The first kappa shape index (κ1) is 3.20. The summed E-state index contributed by atoms with van der Waals surface area (Å²) in [6.07, 6.45) is 0. The molecule has 0 spiro atoms. The molecule has 1 aromatic rings. The average molecular weight is 168 g/mol. The van der Waals surface area contributed by atoms with Crippen molar-refractivity contribution in [1.82, 2.24) is 0 Å². The Kier molecular flexibility index (Phi) is 1.36. The van der Waals surface area contributed by atoms with Crippen molar-refractivity contribution in [2.45, 2.75) is 6.50 Å². The van der Waals surface area contributed by atoms with Crippen LogP contribution in [0, 0.1) is 5.82 Å². The SMILES string of the molecule is Cl.[2H]c1c([2H])c(C([2H])([2H])N)c([2H])c([2H])c1F. The van der Waals surface area contributed by atoms with Crippen molar-refractivity contribution in [1.29, 1.82) is 0 Å². The van der Waals surface area contributed by atoms with Crippen molar-refractivity contribution in [3.8, 4) is 0 Å². The molecule has 0 radical (unpaired) electrons. The summed E-state index contributed by atoms with van der Waals surface area (Å²) in [5.41, 5.74) is 4.41. The molecule has 3 heteroatoms. The summed E-state index contributed by atoms with van der Waals surface area (Å²) >= 11 is 0. The Labute approximate surface area is 73.9 Å². The van der Waals surface area contributed by atoms with Crippen molar-refractivity contribution in [2.75, 3.05) is 0 Å². The zero-order chi connectivity index (χ0) is 12.0. The Morgan fingerprint density at radius 3 is 2.40 bits per heavy atom. The van der Waals surface area contributed by atoms with Crippen LogP contribution in [0.3, 0.4) is 0 Å². The van der Waals surface area contributed by atoms with Crippen LogP contribution in [0.1, 0.15) is 13.8 Å². The zero-order valence-electron chi connectivity index (χ0n) is 10.9. The Morgan fingerprint density at radius 1 is 1.50 bits per heavy atom. The van der Waals surface area contributed by atoms with Gasteiger partial charge >= 0.3 is 0 Å². The highest BCUT2D eigenvalue weighted by molar-refractivity contribution is 5.85. The van der Waals surface area contributed by atoms with E-state index in [-0.39, 0.29) is 12.4 Å². The summed E-state index contributed by atoms with van der Waals surface area (Å²) in [4.78, 5) is 0. The second-order valence-corrected chi connectivity index (χ2v) is 1.33. The van der Waals surface area contributed by atoms with Gasteiger partial charge in [0, 0.05) is 9.24 Å². The van der Waals surface area contributed by atoms with Gasteiger partial charge in [0.05, 0.1) is 5.48 Å². The lowest BCUT2D eigenvalue weighted by Gasteiger charge is -1.92. The van der Waals surface area contributed by atoms with Gasteiger partial charge in [0.1, 0.15) is 5.82 Å². The van der Waals surface area contributed by atoms with Gasteiger partial charge in [-0.15, -0.1) is 12.4 Å². The maximum atomic E-state index is 13.0. The van der Waals surface area contributed by atoms with Gasteiger partial charge < -0.3 is 5.73 Å². The van der Waals surface area contributed by atoms with E-state index in [1.165, 1.54) is 0 Å². The number of rotatable bonds is 1. The molecule has 1 rings (SSSR count). The maximum absolute atomic E-state index is 13.0. The molecule has 0 bridgehead atoms. The predicted molar refractivity (Wildman–Crippen MR) is 41.5 cm³/mol. The quantitative estimate of drug-likeness (QED) is 0.677. The lowest BCUT2D eigenvalue weighted by molar-refractivity contribution is 0.627. The lowest BCUT2D eigenvalue weighted by Crippen LogP contribution is -1.94. The molecule has 0 fully saturated rings. The van der Waals surface area contributed by atoms with Crippen LogP contribution >= 0.6 is 12.4 Å². The van der Waals surface area contributed by atoms with E-state index in [9.17, 15) is 4.39 Å². The summed E-state index contributed by atoms with van der Waals surface area (Å²) in [6, 6.07) is -3.41. The van der Waals surface area contributed by atoms with E-state index < -0.39 is 42.0 Å². The molecule has 2 N–H and O–H groups in total. The molecule has 56 valence electrons. The van der Waals surface area contributed by atoms with Gasteiger partial charge in [-0.2, -0.15) is 0 Å². The first-order chi connectivity index (χ1) is 6.68. The molecule has 0 unspecified atom stereocenters. The minimum atomic E-state index is -2.53. The highest BCUT2D eigenvalue weighted by atomic mass is 35.5. The standard InChI is InChI=1S/C7H8FN.ClH/c8-7-3-1-6(5-9)2-4-7;/h1-4H,5,9H2;1H/i1D,2D,3D,4D,5D2;. The minimum Gasteiger partial charge on any atom is -0.326 e. The van der Waals surface area contributed by atoms with Crippen LogP contribution in [-0.4, -0.2) is 0 Å². The smallest absolute Gasteiger partial charge is 0.123 e. The monoisotopic (exact) mass is 167 g/mol. The van der Waals surface area contributed by atoms with Gasteiger partial charge in [0.25, 0.3) is 0 Å². The number of benzene rings is 1. The Morgan fingerprint density at radius 2 is 2.00 bits per heavy atom. The second kappa shape index (κ2) is 4.25. The van der Waals surface area contributed by atoms with Crippen LogP contribution in [0.5, 0.6) is 0 Å². The molecule has 0 aliphatic heterocycles. The van der Waals surface area contributed by atoms with Crippen molar-refractivity contribution in [3.63, 3.8) is 0 Å². The molecule has 1 nitrogen and oxygen atoms in total. The van der Waals surface area contributed by atoms with Crippen LogP contribution in [0.25, 0.3) is 0 Å². The average Bonchev–Trinajstić information content (AvgIpc) is 2.09. The first-order valence-corrected chi connectivity index (χ1v) is 2.23. The van der Waals surface area contributed by atoms with Gasteiger partial charge in [0.2, 0.25) is 0 Å². The van der Waals surface area contributed by atoms with E-state index in [4.69, 9.17) is 14.0 Å². The fraction of sp³-hybridized carbons (Fsp3) is 0.143. The number of hydrogen-bond donors (Lipinski definition) is 1. The lowest BCUT2D eigenvalue weighted by atomic mass is 10.2. The highest BCUT2D eigenvalue weighted by Crippen LogP contribution is 2.00. The van der Waals surface area contributed by atoms with Gasteiger partial charge in [-0.25, -0.2) is 4.39 Å². The maximum Gasteiger partial charge on any atom is 0.123 e. The summed E-state index contributed by atoms with van der Waals surface area (Å²) in [6.45, 7) is -2.53. The van der Waals surface area contributed by atoms with Crippen molar-refractivity contribution >= 4 is 12.4 Å². The molecule has 0 heterocycles. The molecule has 0 saturated carbocycles. The summed E-state index contributed by atoms with van der Waals surface area (Å²) in [7, 11) is 0. The molecule has 0 amide bonds. The largest absolute Gasteiger partial charge is 0.326 e. The van der Waals surface area contributed by atoms with E-state index in [0.717, 1.165) is 0 Å². The summed E-state index contributed by atoms with van der Waals surface area (Å²) < 4.78 is 56.1. The zero-order valence-corrected chi connectivity index (χ0v) is 5.68. The van der Waals surface area contributed by atoms with Crippen LogP contribution in [0.2, 0.25) is 0 Å². The third-order valence-electron chi connectivity index (χ3n) is 0.739. The van der Waals surface area contributed by atoms with Crippen LogP contribution in [0.15, 0.2) is 24.2 Å². The van der Waals surface area contributed by atoms with Crippen LogP contribution in [-0.2, 0) is 6.50 Å². The summed E-state index contributed by atoms with van der Waals surface area (Å²) in [5, 5.41) is 0. The normalized spacial score (nSPS) is 18.6. The molecule has 0 saturated heterocycles. The van der Waals surface area contributed by atoms with Crippen molar-refractivity contribution in [3.05, 3.63) is 35.6 Å². The van der Waals surface area contributed by atoms with E-state index >= 15 is 0 Å². The fourth-order valence-corrected chi connectivity index (χ4v) is 0.369. The molecular weight excluding hydrogens is 153 g/mol. The Hall–Kier alpha value is -0.600. The number of nitrogens with two attached hydrogens (primary N) is 1. The summed E-state index contributed by atoms with van der Waals surface area (Å²) in [5.74, 6) is -1.31. The highest BCUT2D eigenvalue weighted by Gasteiger charge is 1.87. The Balaban J connectivity index is 0.00000225. The second-order valence-electron chi connectivity index (χ2n) is 1.33. The van der Waals surface area contributed by atoms with E-state index in [2.05, 4.69) is 0 Å². The topological polar surface area (TPSA) is 26.0 Å². The fourth-order valence-electron chi connectivity index (χ4n) is 0.369. The third-order valence-corrected chi connectivity index (χ3v) is 0.739. The molecule has 0 aliphatic carbocycles. The number of halogens is 2. The minimum absolute atomic E-state index is 0. The Bertz CT molecular complexity index is 389.